The van der Waals surface area contributed by atoms with Gasteiger partial charge in [-0.25, -0.2) is 9.18 Å². The highest BCUT2D eigenvalue weighted by Crippen LogP contribution is 2.33. The zero-order valence-electron chi connectivity index (χ0n) is 10.9. The Kier molecular flexibility index (Phi) is 4.67. The number of carbonyl (C=O) groups excluding carboxylic acids is 1. The Morgan fingerprint density at radius 3 is 2.56 bits per heavy atom. The van der Waals surface area contributed by atoms with Gasteiger partial charge in [0, 0.05) is 16.7 Å². The number of ether oxygens (including phenoxy) is 2. The third-order valence-electron chi connectivity index (χ3n) is 2.88. The number of hydrogen-bond acceptors (Lipinski definition) is 4. The first kappa shape index (κ1) is 14.4. The second-order valence-corrected chi connectivity index (χ2v) is 3.86. The molecule has 0 heterocycles. The fraction of sp³-hybridized carbons (Fsp3) is 0.462. The van der Waals surface area contributed by atoms with E-state index in [0.29, 0.717) is 23.3 Å². The van der Waals surface area contributed by atoms with E-state index in [1.807, 2.05) is 6.92 Å². The van der Waals surface area contributed by atoms with Gasteiger partial charge < -0.3 is 14.6 Å². The molecule has 1 rings (SSSR count). The van der Waals surface area contributed by atoms with Crippen molar-refractivity contribution in [2.45, 2.75) is 26.4 Å². The van der Waals surface area contributed by atoms with E-state index >= 15 is 0 Å². The van der Waals surface area contributed by atoms with Crippen LogP contribution in [-0.4, -0.2) is 25.3 Å². The second-order valence-electron chi connectivity index (χ2n) is 3.86. The maximum atomic E-state index is 13.7. The smallest absolute Gasteiger partial charge is 0.339 e. The average molecular weight is 256 g/mol. The molecule has 1 unspecified atom stereocenters. The Labute approximate surface area is 105 Å². The molecule has 1 atom stereocenters. The summed E-state index contributed by atoms with van der Waals surface area (Å²) in [6.45, 7) is 3.42. The van der Waals surface area contributed by atoms with E-state index < -0.39 is 17.9 Å². The van der Waals surface area contributed by atoms with Crippen LogP contribution in [0, 0.1) is 12.7 Å². The van der Waals surface area contributed by atoms with Crippen LogP contribution in [0.3, 0.4) is 0 Å². The first-order valence-corrected chi connectivity index (χ1v) is 5.59. The van der Waals surface area contributed by atoms with E-state index in [-0.39, 0.29) is 5.56 Å². The van der Waals surface area contributed by atoms with Crippen molar-refractivity contribution in [2.75, 3.05) is 14.2 Å². The molecule has 18 heavy (non-hydrogen) atoms. The molecule has 0 spiro atoms. The number of aliphatic hydroxyl groups is 1. The Morgan fingerprint density at radius 1 is 1.50 bits per heavy atom. The molecule has 0 amide bonds. The van der Waals surface area contributed by atoms with Crippen molar-refractivity contribution in [3.63, 3.8) is 0 Å². The van der Waals surface area contributed by atoms with Crippen molar-refractivity contribution in [1.82, 2.24) is 0 Å². The molecular weight excluding hydrogens is 239 g/mol. The molecule has 0 saturated heterocycles. The maximum Gasteiger partial charge on any atom is 0.339 e. The number of benzene rings is 1. The molecule has 100 valence electrons. The SMILES string of the molecule is CCc1c(C(O)C(=O)OC)cc(F)c(C)c1OC. The summed E-state index contributed by atoms with van der Waals surface area (Å²) in [6, 6.07) is 1.15. The van der Waals surface area contributed by atoms with Gasteiger partial charge >= 0.3 is 5.97 Å². The highest BCUT2D eigenvalue weighted by Gasteiger charge is 2.25. The highest BCUT2D eigenvalue weighted by atomic mass is 19.1. The number of hydrogen-bond donors (Lipinski definition) is 1. The van der Waals surface area contributed by atoms with Gasteiger partial charge in [0.2, 0.25) is 0 Å². The summed E-state index contributed by atoms with van der Waals surface area (Å²) in [5.41, 5.74) is 1.15. The highest BCUT2D eigenvalue weighted by molar-refractivity contribution is 5.77. The van der Waals surface area contributed by atoms with Crippen molar-refractivity contribution < 1.29 is 23.8 Å². The van der Waals surface area contributed by atoms with Crippen molar-refractivity contribution in [2.24, 2.45) is 0 Å². The predicted molar refractivity (Wildman–Crippen MR) is 64.0 cm³/mol. The Hall–Kier alpha value is -1.62. The molecule has 0 aliphatic heterocycles. The van der Waals surface area contributed by atoms with Crippen LogP contribution in [0.2, 0.25) is 0 Å². The lowest BCUT2D eigenvalue weighted by molar-refractivity contribution is -0.150. The van der Waals surface area contributed by atoms with Crippen molar-refractivity contribution in [3.05, 3.63) is 28.6 Å². The fourth-order valence-electron chi connectivity index (χ4n) is 1.92. The number of rotatable bonds is 4. The maximum absolute atomic E-state index is 13.7. The van der Waals surface area contributed by atoms with Gasteiger partial charge in [0.15, 0.2) is 6.10 Å². The second kappa shape index (κ2) is 5.82. The van der Waals surface area contributed by atoms with E-state index in [0.717, 1.165) is 6.07 Å². The first-order valence-electron chi connectivity index (χ1n) is 5.59. The molecule has 1 aromatic rings. The molecule has 0 aliphatic rings. The minimum atomic E-state index is -1.51. The van der Waals surface area contributed by atoms with Gasteiger partial charge in [-0.2, -0.15) is 0 Å². The third kappa shape index (κ3) is 2.46. The molecule has 5 heteroatoms. The van der Waals surface area contributed by atoms with Crippen LogP contribution in [0.25, 0.3) is 0 Å². The van der Waals surface area contributed by atoms with E-state index in [2.05, 4.69) is 4.74 Å². The lowest BCUT2D eigenvalue weighted by atomic mass is 9.96. The van der Waals surface area contributed by atoms with Crippen LogP contribution in [0.1, 0.15) is 29.7 Å². The molecule has 1 aromatic carbocycles. The van der Waals surface area contributed by atoms with Gasteiger partial charge in [0.05, 0.1) is 14.2 Å². The number of aliphatic hydroxyl groups excluding tert-OH is 1. The fourth-order valence-corrected chi connectivity index (χ4v) is 1.92. The quantitative estimate of drug-likeness (QED) is 0.836. The lowest BCUT2D eigenvalue weighted by Gasteiger charge is -2.18. The summed E-state index contributed by atoms with van der Waals surface area (Å²) in [5.74, 6) is -0.993. The standard InChI is InChI=1S/C13H17FO4/c1-5-8-9(11(15)13(16)18-4)6-10(14)7(2)12(8)17-3/h6,11,15H,5H2,1-4H3. The van der Waals surface area contributed by atoms with Gasteiger partial charge in [0.25, 0.3) is 0 Å². The number of methoxy groups -OCH3 is 2. The van der Waals surface area contributed by atoms with Crippen LogP contribution in [0.5, 0.6) is 5.75 Å². The minimum absolute atomic E-state index is 0.185. The van der Waals surface area contributed by atoms with Crippen LogP contribution in [0.4, 0.5) is 4.39 Å². The molecule has 0 fully saturated rings. The van der Waals surface area contributed by atoms with E-state index in [9.17, 15) is 14.3 Å². The van der Waals surface area contributed by atoms with E-state index in [1.54, 1.807) is 6.92 Å². The number of halogens is 1. The molecule has 4 nitrogen and oxygen atoms in total. The van der Waals surface area contributed by atoms with Gasteiger partial charge in [-0.3, -0.25) is 0 Å². The van der Waals surface area contributed by atoms with Gasteiger partial charge in [-0.1, -0.05) is 6.92 Å². The Balaban J connectivity index is 3.44. The van der Waals surface area contributed by atoms with Crippen LogP contribution < -0.4 is 4.74 Å². The minimum Gasteiger partial charge on any atom is -0.496 e. The molecule has 1 N–H and O–H groups in total. The van der Waals surface area contributed by atoms with E-state index in [4.69, 9.17) is 4.74 Å². The van der Waals surface area contributed by atoms with Gasteiger partial charge in [0.1, 0.15) is 11.6 Å². The average Bonchev–Trinajstić information content (AvgIpc) is 2.39. The summed E-state index contributed by atoms with van der Waals surface area (Å²) < 4.78 is 23.3. The summed E-state index contributed by atoms with van der Waals surface area (Å²) in [4.78, 5) is 11.3. The molecule has 0 bridgehead atoms. The summed E-state index contributed by atoms with van der Waals surface area (Å²) in [6.07, 6.45) is -0.998. The predicted octanol–water partition coefficient (Wildman–Crippen LogP) is 1.91. The van der Waals surface area contributed by atoms with Gasteiger partial charge in [-0.05, 0) is 19.4 Å². The number of carbonyl (C=O) groups is 1. The van der Waals surface area contributed by atoms with Crippen LogP contribution in [-0.2, 0) is 16.0 Å². The number of esters is 1. The van der Waals surface area contributed by atoms with Crippen molar-refractivity contribution in [1.29, 1.82) is 0 Å². The summed E-state index contributed by atoms with van der Waals surface area (Å²) in [5, 5.41) is 9.84. The topological polar surface area (TPSA) is 55.8 Å². The van der Waals surface area contributed by atoms with Crippen molar-refractivity contribution >= 4 is 5.97 Å². The van der Waals surface area contributed by atoms with E-state index in [1.165, 1.54) is 14.2 Å². The Morgan fingerprint density at radius 2 is 2.11 bits per heavy atom. The first-order chi connectivity index (χ1) is 8.47. The summed E-state index contributed by atoms with van der Waals surface area (Å²) >= 11 is 0. The third-order valence-corrected chi connectivity index (χ3v) is 2.88. The molecule has 0 aliphatic carbocycles. The summed E-state index contributed by atoms with van der Waals surface area (Å²) in [7, 11) is 2.59. The monoisotopic (exact) mass is 256 g/mol. The zero-order chi connectivity index (χ0) is 13.9. The largest absolute Gasteiger partial charge is 0.496 e. The molecule has 0 radical (unpaired) electrons. The lowest BCUT2D eigenvalue weighted by Crippen LogP contribution is -2.16. The van der Waals surface area contributed by atoms with Crippen LogP contribution >= 0.6 is 0 Å². The molecule has 0 saturated carbocycles. The molecular formula is C13H17FO4. The van der Waals surface area contributed by atoms with Gasteiger partial charge in [-0.15, -0.1) is 0 Å². The Bertz CT molecular complexity index is 457. The normalized spacial score (nSPS) is 12.1. The molecule has 0 aromatic heterocycles. The zero-order valence-corrected chi connectivity index (χ0v) is 10.9. The van der Waals surface area contributed by atoms with Crippen LogP contribution in [0.15, 0.2) is 6.07 Å². The van der Waals surface area contributed by atoms with Crippen molar-refractivity contribution in [3.8, 4) is 5.75 Å².